The first-order valence-corrected chi connectivity index (χ1v) is 5.40. The fourth-order valence-corrected chi connectivity index (χ4v) is 2.15. The van der Waals surface area contributed by atoms with Gasteiger partial charge in [0.25, 0.3) is 5.56 Å². The molecule has 1 aliphatic rings. The van der Waals surface area contributed by atoms with Crippen molar-refractivity contribution in [3.8, 4) is 11.4 Å². The molecule has 0 spiro atoms. The van der Waals surface area contributed by atoms with E-state index in [0.29, 0.717) is 0 Å². The van der Waals surface area contributed by atoms with Gasteiger partial charge in [0.2, 0.25) is 0 Å². The van der Waals surface area contributed by atoms with Gasteiger partial charge in [0.05, 0.1) is 12.8 Å². The molecule has 0 fully saturated rings. The van der Waals surface area contributed by atoms with E-state index in [1.807, 2.05) is 18.2 Å². The molecular formula is C12H11N3O2. The Morgan fingerprint density at radius 3 is 3.06 bits per heavy atom. The predicted molar refractivity (Wildman–Crippen MR) is 61.6 cm³/mol. The summed E-state index contributed by atoms with van der Waals surface area (Å²) in [5.41, 5.74) is 1.85. The van der Waals surface area contributed by atoms with Crippen LogP contribution in [0.2, 0.25) is 0 Å². The van der Waals surface area contributed by atoms with Crippen molar-refractivity contribution >= 4 is 0 Å². The Hall–Kier alpha value is -2.17. The first-order valence-electron chi connectivity index (χ1n) is 5.40. The van der Waals surface area contributed by atoms with Crippen LogP contribution >= 0.6 is 0 Å². The highest BCUT2D eigenvalue weighted by atomic mass is 16.5. The van der Waals surface area contributed by atoms with Crippen LogP contribution in [0.25, 0.3) is 5.69 Å². The lowest BCUT2D eigenvalue weighted by molar-refractivity contribution is 0.414. The van der Waals surface area contributed by atoms with E-state index in [1.165, 1.54) is 6.20 Å². The molecule has 1 aliphatic heterocycles. The summed E-state index contributed by atoms with van der Waals surface area (Å²) >= 11 is 0. The molecule has 0 saturated carbocycles. The summed E-state index contributed by atoms with van der Waals surface area (Å²) in [5.74, 6) is 1.53. The van der Waals surface area contributed by atoms with E-state index in [1.54, 1.807) is 11.7 Å². The van der Waals surface area contributed by atoms with Gasteiger partial charge in [-0.3, -0.25) is 9.36 Å². The van der Waals surface area contributed by atoms with E-state index in [9.17, 15) is 4.79 Å². The number of nitrogens with zero attached hydrogens (tertiary/aromatic N) is 3. The Morgan fingerprint density at radius 2 is 2.24 bits per heavy atom. The van der Waals surface area contributed by atoms with Crippen molar-refractivity contribution in [3.05, 3.63) is 46.1 Å². The van der Waals surface area contributed by atoms with Crippen LogP contribution in [0.3, 0.4) is 0 Å². The van der Waals surface area contributed by atoms with Crippen molar-refractivity contribution in [2.75, 3.05) is 7.11 Å². The maximum atomic E-state index is 11.8. The fourth-order valence-electron chi connectivity index (χ4n) is 2.15. The predicted octanol–water partition coefficient (Wildman–Crippen LogP) is 0.735. The second-order valence-electron chi connectivity index (χ2n) is 3.93. The van der Waals surface area contributed by atoms with Crippen molar-refractivity contribution in [2.24, 2.45) is 0 Å². The van der Waals surface area contributed by atoms with Gasteiger partial charge in [-0.1, -0.05) is 0 Å². The summed E-state index contributed by atoms with van der Waals surface area (Å²) in [6.07, 6.45) is 2.82. The zero-order chi connectivity index (χ0) is 11.8. The van der Waals surface area contributed by atoms with Gasteiger partial charge in [0.1, 0.15) is 17.8 Å². The first kappa shape index (κ1) is 10.0. The van der Waals surface area contributed by atoms with Crippen LogP contribution in [-0.4, -0.2) is 21.9 Å². The summed E-state index contributed by atoms with van der Waals surface area (Å²) in [5, 5.41) is 7.70. The third-order valence-electron chi connectivity index (χ3n) is 2.97. The summed E-state index contributed by atoms with van der Waals surface area (Å²) in [6, 6.07) is 5.70. The number of benzene rings is 1. The summed E-state index contributed by atoms with van der Waals surface area (Å²) < 4.78 is 6.80. The Labute approximate surface area is 97.7 Å². The zero-order valence-electron chi connectivity index (χ0n) is 9.38. The third kappa shape index (κ3) is 1.51. The van der Waals surface area contributed by atoms with Crippen LogP contribution in [0.1, 0.15) is 11.4 Å². The highest BCUT2D eigenvalue weighted by Gasteiger charge is 2.18. The van der Waals surface area contributed by atoms with Crippen LogP contribution in [0, 0.1) is 0 Å². The van der Waals surface area contributed by atoms with Crippen molar-refractivity contribution in [2.45, 2.75) is 12.8 Å². The molecule has 0 bridgehead atoms. The third-order valence-corrected chi connectivity index (χ3v) is 2.97. The Kier molecular flexibility index (Phi) is 2.18. The van der Waals surface area contributed by atoms with Gasteiger partial charge < -0.3 is 4.74 Å². The molecule has 0 aliphatic carbocycles. The van der Waals surface area contributed by atoms with Crippen LogP contribution in [-0.2, 0) is 12.8 Å². The Balaban J connectivity index is 2.26. The van der Waals surface area contributed by atoms with Crippen molar-refractivity contribution in [3.63, 3.8) is 0 Å². The quantitative estimate of drug-likeness (QED) is 0.723. The lowest BCUT2D eigenvalue weighted by Crippen LogP contribution is -2.28. The molecule has 1 aromatic carbocycles. The maximum absolute atomic E-state index is 11.8. The fraction of sp³-hybridized carbons (Fsp3) is 0.250. The number of aryl methyl sites for hydroxylation is 2. The van der Waals surface area contributed by atoms with Crippen LogP contribution in [0.5, 0.6) is 5.75 Å². The molecule has 0 atom stereocenters. The summed E-state index contributed by atoms with van der Waals surface area (Å²) in [7, 11) is 1.64. The molecule has 0 radical (unpaired) electrons. The Bertz CT molecular complexity index is 634. The van der Waals surface area contributed by atoms with E-state index in [2.05, 4.69) is 10.2 Å². The molecule has 0 N–H and O–H groups in total. The molecule has 17 heavy (non-hydrogen) atoms. The average molecular weight is 229 g/mol. The SMILES string of the molecule is COc1ccc2c(c1)CCc1nncc(=O)n1-2. The van der Waals surface area contributed by atoms with Crippen LogP contribution in [0.15, 0.2) is 29.2 Å². The minimum atomic E-state index is -0.138. The monoisotopic (exact) mass is 229 g/mol. The number of aromatic nitrogens is 3. The number of ether oxygens (including phenoxy) is 1. The molecule has 1 aromatic heterocycles. The molecule has 86 valence electrons. The van der Waals surface area contributed by atoms with Gasteiger partial charge in [-0.25, -0.2) is 0 Å². The van der Waals surface area contributed by atoms with E-state index in [0.717, 1.165) is 35.7 Å². The molecule has 0 unspecified atom stereocenters. The van der Waals surface area contributed by atoms with Gasteiger partial charge >= 0.3 is 0 Å². The van der Waals surface area contributed by atoms with E-state index in [-0.39, 0.29) is 5.56 Å². The summed E-state index contributed by atoms with van der Waals surface area (Å²) in [6.45, 7) is 0. The van der Waals surface area contributed by atoms with Gasteiger partial charge in [-0.15, -0.1) is 5.10 Å². The van der Waals surface area contributed by atoms with E-state index < -0.39 is 0 Å². The van der Waals surface area contributed by atoms with Crippen molar-refractivity contribution < 1.29 is 4.74 Å². The van der Waals surface area contributed by atoms with Crippen molar-refractivity contribution in [1.29, 1.82) is 0 Å². The number of rotatable bonds is 1. The topological polar surface area (TPSA) is 57.0 Å². The van der Waals surface area contributed by atoms with Gasteiger partial charge in [0, 0.05) is 6.42 Å². The summed E-state index contributed by atoms with van der Waals surface area (Å²) in [4.78, 5) is 11.8. The van der Waals surface area contributed by atoms with Gasteiger partial charge in [-0.05, 0) is 30.2 Å². The van der Waals surface area contributed by atoms with Gasteiger partial charge in [0.15, 0.2) is 0 Å². The lowest BCUT2D eigenvalue weighted by Gasteiger charge is -2.20. The number of hydrogen-bond donors (Lipinski definition) is 0. The largest absolute Gasteiger partial charge is 0.497 e. The second-order valence-corrected chi connectivity index (χ2v) is 3.93. The molecular weight excluding hydrogens is 218 g/mol. The first-order chi connectivity index (χ1) is 8.29. The number of fused-ring (bicyclic) bond motifs is 3. The molecule has 0 amide bonds. The molecule has 3 rings (SSSR count). The van der Waals surface area contributed by atoms with Gasteiger partial charge in [-0.2, -0.15) is 5.10 Å². The lowest BCUT2D eigenvalue weighted by atomic mass is 10.0. The second kappa shape index (κ2) is 3.69. The minimum Gasteiger partial charge on any atom is -0.497 e. The standard InChI is InChI=1S/C12H11N3O2/c1-17-9-3-4-10-8(6-9)2-5-11-14-13-7-12(16)15(10)11/h3-4,6-7H,2,5H2,1H3. The molecule has 0 saturated heterocycles. The number of methoxy groups -OCH3 is 1. The minimum absolute atomic E-state index is 0.138. The molecule has 2 heterocycles. The smallest absolute Gasteiger partial charge is 0.276 e. The Morgan fingerprint density at radius 1 is 1.35 bits per heavy atom. The van der Waals surface area contributed by atoms with Crippen LogP contribution in [0.4, 0.5) is 0 Å². The normalized spacial score (nSPS) is 12.8. The zero-order valence-corrected chi connectivity index (χ0v) is 9.38. The van der Waals surface area contributed by atoms with Crippen molar-refractivity contribution in [1.82, 2.24) is 14.8 Å². The molecule has 5 nitrogen and oxygen atoms in total. The molecule has 5 heteroatoms. The highest BCUT2D eigenvalue weighted by Crippen LogP contribution is 2.25. The molecule has 2 aromatic rings. The van der Waals surface area contributed by atoms with E-state index in [4.69, 9.17) is 4.74 Å². The highest BCUT2D eigenvalue weighted by molar-refractivity contribution is 5.48. The number of hydrogen-bond acceptors (Lipinski definition) is 4. The maximum Gasteiger partial charge on any atom is 0.276 e. The van der Waals surface area contributed by atoms with Crippen LogP contribution < -0.4 is 10.3 Å². The van der Waals surface area contributed by atoms with E-state index >= 15 is 0 Å². The average Bonchev–Trinajstić information content (AvgIpc) is 2.38.